The lowest BCUT2D eigenvalue weighted by molar-refractivity contribution is -0.130. The molecule has 8 heteroatoms. The summed E-state index contributed by atoms with van der Waals surface area (Å²) < 4.78 is 41.9. The summed E-state index contributed by atoms with van der Waals surface area (Å²) in [5, 5.41) is 0. The van der Waals surface area contributed by atoms with Crippen LogP contribution in [0.3, 0.4) is 0 Å². The lowest BCUT2D eigenvalue weighted by Gasteiger charge is -2.31. The average molecular weight is 471 g/mol. The summed E-state index contributed by atoms with van der Waals surface area (Å²) in [6, 6.07) is 19.7. The van der Waals surface area contributed by atoms with Gasteiger partial charge in [-0.2, -0.15) is 0 Å². The first-order chi connectivity index (χ1) is 15.4. The van der Waals surface area contributed by atoms with Gasteiger partial charge in [-0.05, 0) is 66.3 Å². The molecule has 1 heterocycles. The Bertz CT molecular complexity index is 1230. The van der Waals surface area contributed by atoms with Crippen molar-refractivity contribution >= 4 is 33.4 Å². The molecule has 1 aliphatic heterocycles. The zero-order valence-electron chi connectivity index (χ0n) is 17.6. The van der Waals surface area contributed by atoms with Gasteiger partial charge < -0.3 is 4.90 Å². The van der Waals surface area contributed by atoms with Crippen LogP contribution in [0.15, 0.2) is 82.6 Å². The van der Waals surface area contributed by atoms with Gasteiger partial charge in [0.15, 0.2) is 0 Å². The first-order valence-corrected chi connectivity index (χ1v) is 12.8. The van der Waals surface area contributed by atoms with Crippen LogP contribution in [0, 0.1) is 5.82 Å². The molecule has 0 N–H and O–H groups in total. The van der Waals surface area contributed by atoms with Crippen LogP contribution in [0.4, 0.5) is 10.1 Å². The van der Waals surface area contributed by atoms with Gasteiger partial charge in [0, 0.05) is 18.0 Å². The number of carbonyl (C=O) groups excluding carboxylic acids is 1. The van der Waals surface area contributed by atoms with Crippen molar-refractivity contribution in [1.29, 1.82) is 0 Å². The number of fused-ring (bicyclic) bond motifs is 1. The second-order valence-corrected chi connectivity index (χ2v) is 10.2. The molecule has 0 atom stereocenters. The summed E-state index contributed by atoms with van der Waals surface area (Å²) in [7, 11) is -4.08. The van der Waals surface area contributed by atoms with E-state index in [0.717, 1.165) is 20.8 Å². The molecule has 0 saturated heterocycles. The molecular weight excluding hydrogens is 447 g/mol. The molecule has 0 fully saturated rings. The molecule has 3 aromatic rings. The van der Waals surface area contributed by atoms with Crippen LogP contribution in [-0.4, -0.2) is 38.6 Å². The third-order valence-electron chi connectivity index (χ3n) is 5.51. The molecule has 3 aromatic carbocycles. The third-order valence-corrected chi connectivity index (χ3v) is 8.04. The van der Waals surface area contributed by atoms with Crippen molar-refractivity contribution in [3.63, 3.8) is 0 Å². The van der Waals surface area contributed by atoms with E-state index < -0.39 is 22.4 Å². The molecule has 4 rings (SSSR count). The number of benzene rings is 3. The van der Waals surface area contributed by atoms with Gasteiger partial charge in [-0.3, -0.25) is 9.10 Å². The predicted octanol–water partition coefficient (Wildman–Crippen LogP) is 4.33. The Morgan fingerprint density at radius 1 is 1.03 bits per heavy atom. The predicted molar refractivity (Wildman–Crippen MR) is 125 cm³/mol. The minimum Gasteiger partial charge on any atom is -0.336 e. The second-order valence-electron chi connectivity index (χ2n) is 7.50. The molecule has 0 unspecified atom stereocenters. The molecule has 0 aromatic heterocycles. The van der Waals surface area contributed by atoms with Gasteiger partial charge >= 0.3 is 0 Å². The Hall–Kier alpha value is -2.84. The van der Waals surface area contributed by atoms with Crippen LogP contribution in [0.25, 0.3) is 0 Å². The van der Waals surface area contributed by atoms with E-state index in [-0.39, 0.29) is 16.5 Å². The highest BCUT2D eigenvalue weighted by molar-refractivity contribution is 7.98. The largest absolute Gasteiger partial charge is 0.336 e. The van der Waals surface area contributed by atoms with Crippen LogP contribution >= 0.6 is 11.8 Å². The van der Waals surface area contributed by atoms with Gasteiger partial charge in [0.05, 0.1) is 10.6 Å². The van der Waals surface area contributed by atoms with E-state index in [4.69, 9.17) is 0 Å². The Morgan fingerprint density at radius 2 is 1.75 bits per heavy atom. The number of sulfonamides is 1. The van der Waals surface area contributed by atoms with E-state index in [1.165, 1.54) is 47.7 Å². The summed E-state index contributed by atoms with van der Waals surface area (Å²) in [4.78, 5) is 15.8. The highest BCUT2D eigenvalue weighted by Gasteiger charge is 2.30. The molecule has 5 nitrogen and oxygen atoms in total. The number of hydrogen-bond acceptors (Lipinski definition) is 4. The van der Waals surface area contributed by atoms with Gasteiger partial charge in [0.1, 0.15) is 12.4 Å². The van der Waals surface area contributed by atoms with Gasteiger partial charge in [-0.1, -0.05) is 30.3 Å². The van der Waals surface area contributed by atoms with Crippen molar-refractivity contribution in [2.24, 2.45) is 0 Å². The van der Waals surface area contributed by atoms with Crippen LogP contribution in [0.5, 0.6) is 0 Å². The Balaban J connectivity index is 1.65. The van der Waals surface area contributed by atoms with Gasteiger partial charge in [0.25, 0.3) is 10.0 Å². The standard InChI is InChI=1S/C24H23FN2O3S2/c1-31-22-9-11-23(12-10-22)32(29,30)27(21-8-4-7-20(25)15-21)17-24(28)26-14-13-18-5-2-3-6-19(18)16-26/h2-12,15H,13-14,16-17H2,1H3. The first kappa shape index (κ1) is 22.4. The quantitative estimate of drug-likeness (QED) is 0.504. The maximum atomic E-state index is 14.0. The molecule has 0 aliphatic carbocycles. The van der Waals surface area contributed by atoms with Crippen molar-refractivity contribution < 1.29 is 17.6 Å². The number of halogens is 1. The molecule has 32 heavy (non-hydrogen) atoms. The number of carbonyl (C=O) groups is 1. The zero-order chi connectivity index (χ0) is 22.7. The lowest BCUT2D eigenvalue weighted by Crippen LogP contribution is -2.44. The van der Waals surface area contributed by atoms with E-state index >= 15 is 0 Å². The van der Waals surface area contributed by atoms with E-state index in [1.54, 1.807) is 17.0 Å². The van der Waals surface area contributed by atoms with Crippen molar-refractivity contribution in [3.8, 4) is 0 Å². The van der Waals surface area contributed by atoms with Crippen LogP contribution in [-0.2, 0) is 27.8 Å². The number of thioether (sulfide) groups is 1. The number of anilines is 1. The third kappa shape index (κ3) is 4.66. The minimum absolute atomic E-state index is 0.0522. The maximum Gasteiger partial charge on any atom is 0.264 e. The second kappa shape index (κ2) is 9.34. The minimum atomic E-state index is -4.08. The van der Waals surface area contributed by atoms with E-state index in [9.17, 15) is 17.6 Å². The van der Waals surface area contributed by atoms with Crippen molar-refractivity contribution in [2.45, 2.75) is 22.8 Å². The first-order valence-electron chi connectivity index (χ1n) is 10.2. The molecule has 0 saturated carbocycles. The summed E-state index contributed by atoms with van der Waals surface area (Å²) >= 11 is 1.50. The summed E-state index contributed by atoms with van der Waals surface area (Å²) in [6.45, 7) is 0.530. The Labute approximate surface area is 191 Å². The molecule has 0 bridgehead atoms. The number of nitrogens with zero attached hydrogens (tertiary/aromatic N) is 2. The lowest BCUT2D eigenvalue weighted by atomic mass is 10.00. The van der Waals surface area contributed by atoms with Crippen LogP contribution < -0.4 is 4.31 Å². The molecule has 0 radical (unpaired) electrons. The number of hydrogen-bond donors (Lipinski definition) is 0. The maximum absolute atomic E-state index is 14.0. The summed E-state index contributed by atoms with van der Waals surface area (Å²) in [5.41, 5.74) is 2.37. The molecule has 0 spiro atoms. The van der Waals surface area contributed by atoms with Crippen molar-refractivity contribution in [1.82, 2.24) is 4.90 Å². The normalized spacial score (nSPS) is 13.5. The van der Waals surface area contributed by atoms with E-state index in [1.807, 2.05) is 30.5 Å². The fourth-order valence-electron chi connectivity index (χ4n) is 3.75. The average Bonchev–Trinajstić information content (AvgIpc) is 2.82. The van der Waals surface area contributed by atoms with E-state index in [2.05, 4.69) is 0 Å². The van der Waals surface area contributed by atoms with Crippen molar-refractivity contribution in [3.05, 3.63) is 89.7 Å². The fraction of sp³-hybridized carbons (Fsp3) is 0.208. The van der Waals surface area contributed by atoms with Gasteiger partial charge in [0.2, 0.25) is 5.91 Å². The summed E-state index contributed by atoms with van der Waals surface area (Å²) in [5.74, 6) is -0.896. The fourth-order valence-corrected chi connectivity index (χ4v) is 5.57. The molecule has 1 amide bonds. The van der Waals surface area contributed by atoms with Gasteiger partial charge in [-0.25, -0.2) is 12.8 Å². The van der Waals surface area contributed by atoms with Crippen molar-refractivity contribution in [2.75, 3.05) is 23.7 Å². The molecule has 166 valence electrons. The Kier molecular flexibility index (Phi) is 6.53. The smallest absolute Gasteiger partial charge is 0.264 e. The Morgan fingerprint density at radius 3 is 2.44 bits per heavy atom. The van der Waals surface area contributed by atoms with Crippen LogP contribution in [0.1, 0.15) is 11.1 Å². The number of amides is 1. The zero-order valence-corrected chi connectivity index (χ0v) is 19.2. The monoisotopic (exact) mass is 470 g/mol. The molecule has 1 aliphatic rings. The number of rotatable bonds is 6. The van der Waals surface area contributed by atoms with Crippen LogP contribution in [0.2, 0.25) is 0 Å². The summed E-state index contributed by atoms with van der Waals surface area (Å²) in [6.07, 6.45) is 2.61. The highest BCUT2D eigenvalue weighted by atomic mass is 32.2. The SMILES string of the molecule is CSc1ccc(S(=O)(=O)N(CC(=O)N2CCc3ccccc3C2)c2cccc(F)c2)cc1. The molecular formula is C24H23FN2O3S2. The topological polar surface area (TPSA) is 57.7 Å². The highest BCUT2D eigenvalue weighted by Crippen LogP contribution is 2.27. The van der Waals surface area contributed by atoms with Gasteiger partial charge in [-0.15, -0.1) is 11.8 Å². The van der Waals surface area contributed by atoms with E-state index in [0.29, 0.717) is 19.5 Å².